The maximum Gasteiger partial charge on any atom is 0.349 e. The molecule has 27 heavy (non-hydrogen) atoms. The van der Waals surface area contributed by atoms with Crippen LogP contribution in [-0.2, 0) is 12.8 Å². The van der Waals surface area contributed by atoms with Gasteiger partial charge in [-0.1, -0.05) is 25.1 Å². The van der Waals surface area contributed by atoms with Gasteiger partial charge >= 0.3 is 5.63 Å². The van der Waals surface area contributed by atoms with Crippen molar-refractivity contribution < 1.29 is 14.0 Å². The number of benzene rings is 1. The summed E-state index contributed by atoms with van der Waals surface area (Å²) in [5.41, 5.74) is 5.39. The minimum Gasteiger partial charge on any atom is -0.422 e. The van der Waals surface area contributed by atoms with Gasteiger partial charge in [-0.2, -0.15) is 0 Å². The van der Waals surface area contributed by atoms with Crippen molar-refractivity contribution in [3.05, 3.63) is 67.7 Å². The Hall–Kier alpha value is -2.93. The van der Waals surface area contributed by atoms with Gasteiger partial charge in [0.25, 0.3) is 11.8 Å². The lowest BCUT2D eigenvalue weighted by molar-refractivity contribution is 0.0846. The zero-order chi connectivity index (χ0) is 19.0. The number of para-hydroxylation sites is 1. The van der Waals surface area contributed by atoms with Crippen molar-refractivity contribution in [2.45, 2.75) is 26.2 Å². The Morgan fingerprint density at radius 3 is 2.78 bits per heavy atom. The summed E-state index contributed by atoms with van der Waals surface area (Å²) in [6, 6.07) is 10.3. The molecule has 0 saturated heterocycles. The maximum atomic E-state index is 12.4. The van der Waals surface area contributed by atoms with Gasteiger partial charge in [0.15, 0.2) is 0 Å². The van der Waals surface area contributed by atoms with E-state index < -0.39 is 11.5 Å². The van der Waals surface area contributed by atoms with Crippen LogP contribution in [0, 0.1) is 5.92 Å². The van der Waals surface area contributed by atoms with Gasteiger partial charge < -0.3 is 4.42 Å². The summed E-state index contributed by atoms with van der Waals surface area (Å²) in [7, 11) is 0. The van der Waals surface area contributed by atoms with Gasteiger partial charge in [0, 0.05) is 10.3 Å². The molecule has 0 spiro atoms. The van der Waals surface area contributed by atoms with E-state index in [2.05, 4.69) is 17.8 Å². The number of thiophene rings is 1. The van der Waals surface area contributed by atoms with E-state index in [4.69, 9.17) is 4.42 Å². The number of nitrogens with one attached hydrogen (secondary N) is 2. The van der Waals surface area contributed by atoms with Crippen molar-refractivity contribution in [3.8, 4) is 0 Å². The summed E-state index contributed by atoms with van der Waals surface area (Å²) >= 11 is 1.45. The molecule has 1 aliphatic carbocycles. The number of hydrogen-bond acceptors (Lipinski definition) is 5. The second-order valence-corrected chi connectivity index (χ2v) is 7.94. The van der Waals surface area contributed by atoms with Gasteiger partial charge in [0.05, 0.1) is 4.88 Å². The average Bonchev–Trinajstić information content (AvgIpc) is 3.08. The molecule has 2 aromatic heterocycles. The number of hydrazine groups is 1. The molecular formula is C20H18N2O4S. The summed E-state index contributed by atoms with van der Waals surface area (Å²) in [5.74, 6) is -0.479. The molecule has 0 bridgehead atoms. The number of aryl methyl sites for hydroxylation is 1. The van der Waals surface area contributed by atoms with Crippen LogP contribution in [0.3, 0.4) is 0 Å². The fraction of sp³-hybridized carbons (Fsp3) is 0.250. The van der Waals surface area contributed by atoms with Crippen molar-refractivity contribution in [1.29, 1.82) is 0 Å². The van der Waals surface area contributed by atoms with E-state index in [-0.39, 0.29) is 11.5 Å². The lowest BCUT2D eigenvalue weighted by Gasteiger charge is -2.16. The Bertz CT molecular complexity index is 1100. The van der Waals surface area contributed by atoms with Gasteiger partial charge in [-0.15, -0.1) is 11.3 Å². The molecule has 0 radical (unpaired) electrons. The topological polar surface area (TPSA) is 88.4 Å². The largest absolute Gasteiger partial charge is 0.422 e. The predicted octanol–water partition coefficient (Wildman–Crippen LogP) is 3.05. The summed E-state index contributed by atoms with van der Waals surface area (Å²) in [6.07, 6.45) is 3.09. The van der Waals surface area contributed by atoms with E-state index >= 15 is 0 Å². The van der Waals surface area contributed by atoms with Gasteiger partial charge in [-0.25, -0.2) is 4.79 Å². The summed E-state index contributed by atoms with van der Waals surface area (Å²) in [6.45, 7) is 2.20. The van der Waals surface area contributed by atoms with Crippen LogP contribution in [0.4, 0.5) is 0 Å². The Labute approximate surface area is 159 Å². The zero-order valence-corrected chi connectivity index (χ0v) is 15.5. The molecule has 7 heteroatoms. The Morgan fingerprint density at radius 2 is 1.93 bits per heavy atom. The molecule has 4 rings (SSSR count). The lowest BCUT2D eigenvalue weighted by Crippen LogP contribution is -2.42. The summed E-state index contributed by atoms with van der Waals surface area (Å²) in [5, 5.41) is 0.633. The monoisotopic (exact) mass is 382 g/mol. The number of amides is 2. The van der Waals surface area contributed by atoms with Gasteiger partial charge in [0.2, 0.25) is 0 Å². The standard InChI is InChI=1S/C20H18N2O4S/c1-11-6-7-16-13(8-11)10-17(27-16)19(24)22-21-18(23)14-9-12-4-2-3-5-15(12)26-20(14)25/h2-5,9-11H,6-8H2,1H3,(H,21,23)(H,22,24). The quantitative estimate of drug-likeness (QED) is 0.527. The van der Waals surface area contributed by atoms with E-state index in [0.29, 0.717) is 21.8 Å². The normalized spacial score (nSPS) is 16.0. The molecule has 2 N–H and O–H groups in total. The van der Waals surface area contributed by atoms with Crippen molar-refractivity contribution in [3.63, 3.8) is 0 Å². The van der Waals surface area contributed by atoms with Gasteiger partial charge in [0.1, 0.15) is 11.1 Å². The van der Waals surface area contributed by atoms with Gasteiger partial charge in [-0.05, 0) is 48.9 Å². The minimum atomic E-state index is -0.749. The summed E-state index contributed by atoms with van der Waals surface area (Å²) < 4.78 is 5.14. The molecular weight excluding hydrogens is 364 g/mol. The van der Waals surface area contributed by atoms with Crippen LogP contribution in [0.1, 0.15) is 43.8 Å². The number of carbonyl (C=O) groups excluding carboxylic acids is 2. The van der Waals surface area contributed by atoms with Crippen LogP contribution >= 0.6 is 11.3 Å². The maximum absolute atomic E-state index is 12.4. The van der Waals surface area contributed by atoms with E-state index in [9.17, 15) is 14.4 Å². The van der Waals surface area contributed by atoms with Crippen LogP contribution in [-0.4, -0.2) is 11.8 Å². The first-order chi connectivity index (χ1) is 13.0. The molecule has 1 aromatic carbocycles. The highest BCUT2D eigenvalue weighted by atomic mass is 32.1. The third-order valence-corrected chi connectivity index (χ3v) is 5.96. The molecule has 2 amide bonds. The molecule has 0 aliphatic heterocycles. The first-order valence-electron chi connectivity index (χ1n) is 8.76. The van der Waals surface area contributed by atoms with E-state index in [0.717, 1.165) is 19.3 Å². The third-order valence-electron chi connectivity index (χ3n) is 4.73. The molecule has 1 aliphatic rings. The van der Waals surface area contributed by atoms with E-state index in [1.165, 1.54) is 27.8 Å². The van der Waals surface area contributed by atoms with E-state index in [1.807, 2.05) is 6.07 Å². The second-order valence-electron chi connectivity index (χ2n) is 6.80. The first-order valence-corrected chi connectivity index (χ1v) is 9.58. The molecule has 1 unspecified atom stereocenters. The molecule has 138 valence electrons. The molecule has 3 aromatic rings. The van der Waals surface area contributed by atoms with Gasteiger partial charge in [-0.3, -0.25) is 20.4 Å². The number of rotatable bonds is 2. The van der Waals surface area contributed by atoms with Crippen molar-refractivity contribution in [2.75, 3.05) is 0 Å². The Kier molecular flexibility index (Phi) is 4.53. The highest BCUT2D eigenvalue weighted by Crippen LogP contribution is 2.32. The predicted molar refractivity (Wildman–Crippen MR) is 103 cm³/mol. The smallest absolute Gasteiger partial charge is 0.349 e. The van der Waals surface area contributed by atoms with Crippen LogP contribution in [0.5, 0.6) is 0 Å². The molecule has 0 fully saturated rings. The third kappa shape index (κ3) is 3.50. The lowest BCUT2D eigenvalue weighted by atomic mass is 9.90. The second kappa shape index (κ2) is 7.00. The Balaban J connectivity index is 1.47. The Morgan fingerprint density at radius 1 is 1.15 bits per heavy atom. The number of carbonyl (C=O) groups is 2. The number of fused-ring (bicyclic) bond motifs is 2. The minimum absolute atomic E-state index is 0.159. The average molecular weight is 382 g/mol. The zero-order valence-electron chi connectivity index (χ0n) is 14.7. The van der Waals surface area contributed by atoms with E-state index in [1.54, 1.807) is 24.3 Å². The molecule has 0 saturated carbocycles. The van der Waals surface area contributed by atoms with Crippen molar-refractivity contribution >= 4 is 34.1 Å². The van der Waals surface area contributed by atoms with Crippen LogP contribution in [0.25, 0.3) is 11.0 Å². The highest BCUT2D eigenvalue weighted by Gasteiger charge is 2.21. The number of hydrogen-bond donors (Lipinski definition) is 2. The van der Waals surface area contributed by atoms with Crippen LogP contribution in [0.15, 0.2) is 45.6 Å². The fourth-order valence-electron chi connectivity index (χ4n) is 3.28. The fourth-order valence-corrected chi connectivity index (χ4v) is 4.38. The molecule has 2 heterocycles. The SMILES string of the molecule is CC1CCc2sc(C(=O)NNC(=O)c3cc4ccccc4oc3=O)cc2C1. The van der Waals surface area contributed by atoms with Crippen LogP contribution < -0.4 is 16.5 Å². The van der Waals surface area contributed by atoms with Crippen molar-refractivity contribution in [1.82, 2.24) is 10.9 Å². The van der Waals surface area contributed by atoms with Crippen molar-refractivity contribution in [2.24, 2.45) is 5.92 Å². The highest BCUT2D eigenvalue weighted by molar-refractivity contribution is 7.14. The molecule has 1 atom stereocenters. The first kappa shape index (κ1) is 17.5. The summed E-state index contributed by atoms with van der Waals surface area (Å²) in [4.78, 5) is 38.5. The molecule has 6 nitrogen and oxygen atoms in total. The van der Waals surface area contributed by atoms with Crippen LogP contribution in [0.2, 0.25) is 0 Å².